The lowest BCUT2D eigenvalue weighted by Gasteiger charge is -2.06. The second-order valence-corrected chi connectivity index (χ2v) is 8.05. The Morgan fingerprint density at radius 3 is 2.42 bits per heavy atom. The van der Waals surface area contributed by atoms with E-state index in [-0.39, 0.29) is 41.0 Å². The molecule has 9 heteroatoms. The number of nitrogens with one attached hydrogen (secondary N) is 1. The van der Waals surface area contributed by atoms with E-state index in [2.05, 4.69) is 5.32 Å². The largest absolute Gasteiger partial charge is 0.486 e. The Balaban J connectivity index is 1.77. The number of aryl methyl sites for hydroxylation is 1. The molecule has 3 aromatic rings. The summed E-state index contributed by atoms with van der Waals surface area (Å²) in [5.41, 5.74) is 1.57. The third kappa shape index (κ3) is 5.81. The van der Waals surface area contributed by atoms with Crippen molar-refractivity contribution in [1.82, 2.24) is 0 Å². The number of hydrogen-bond donors (Lipinski definition) is 1. The standard InChI is InChI=1S/C24H25NO7S/c1-5-29-23(27)19-15(4)20(24(28)30-6-2)33-22(19)25-21(26)18-11-10-17(32-18)13-31-16-9-7-8-14(3)12-16/h7-12H,5-6,13H2,1-4H3,(H,25,26). The first-order valence-electron chi connectivity index (χ1n) is 10.4. The molecule has 2 aromatic heterocycles. The molecule has 0 saturated heterocycles. The highest BCUT2D eigenvalue weighted by atomic mass is 32.1. The second kappa shape index (κ2) is 10.8. The summed E-state index contributed by atoms with van der Waals surface area (Å²) in [5, 5.41) is 2.84. The number of hydrogen-bond acceptors (Lipinski definition) is 8. The lowest BCUT2D eigenvalue weighted by atomic mass is 10.1. The zero-order chi connectivity index (χ0) is 24.0. The van der Waals surface area contributed by atoms with Crippen molar-refractivity contribution in [2.75, 3.05) is 18.5 Å². The highest BCUT2D eigenvalue weighted by Crippen LogP contribution is 2.34. The van der Waals surface area contributed by atoms with Crippen LogP contribution in [0.3, 0.4) is 0 Å². The number of ether oxygens (including phenoxy) is 3. The van der Waals surface area contributed by atoms with Crippen molar-refractivity contribution in [3.8, 4) is 5.75 Å². The van der Waals surface area contributed by atoms with E-state index in [0.717, 1.165) is 16.9 Å². The molecule has 0 fully saturated rings. The van der Waals surface area contributed by atoms with Gasteiger partial charge in [-0.05, 0) is 63.1 Å². The molecule has 174 valence electrons. The first-order chi connectivity index (χ1) is 15.8. The van der Waals surface area contributed by atoms with Gasteiger partial charge in [0.05, 0.1) is 18.8 Å². The monoisotopic (exact) mass is 471 g/mol. The van der Waals surface area contributed by atoms with E-state index in [0.29, 0.717) is 17.1 Å². The number of amides is 1. The van der Waals surface area contributed by atoms with Gasteiger partial charge in [-0.3, -0.25) is 4.79 Å². The summed E-state index contributed by atoms with van der Waals surface area (Å²) in [5.74, 6) is -0.585. The molecular formula is C24H25NO7S. The first kappa shape index (κ1) is 24.1. The van der Waals surface area contributed by atoms with Crippen molar-refractivity contribution in [2.24, 2.45) is 0 Å². The number of thiophene rings is 1. The maximum Gasteiger partial charge on any atom is 0.348 e. The molecule has 0 aliphatic rings. The van der Waals surface area contributed by atoms with Gasteiger partial charge in [0.2, 0.25) is 0 Å². The molecule has 0 aliphatic carbocycles. The van der Waals surface area contributed by atoms with Crippen LogP contribution < -0.4 is 10.1 Å². The van der Waals surface area contributed by atoms with Crippen LogP contribution in [0.2, 0.25) is 0 Å². The topological polar surface area (TPSA) is 104 Å². The molecule has 0 spiro atoms. The zero-order valence-electron chi connectivity index (χ0n) is 18.9. The molecule has 0 aliphatic heterocycles. The summed E-state index contributed by atoms with van der Waals surface area (Å²) < 4.78 is 21.4. The number of esters is 2. The van der Waals surface area contributed by atoms with Crippen molar-refractivity contribution >= 4 is 34.2 Å². The molecular weight excluding hydrogens is 446 g/mol. The smallest absolute Gasteiger partial charge is 0.348 e. The summed E-state index contributed by atoms with van der Waals surface area (Å²) in [6.07, 6.45) is 0. The summed E-state index contributed by atoms with van der Waals surface area (Å²) in [7, 11) is 0. The second-order valence-electron chi connectivity index (χ2n) is 7.03. The van der Waals surface area contributed by atoms with Crippen LogP contribution in [0.1, 0.15) is 61.3 Å². The number of anilines is 1. The van der Waals surface area contributed by atoms with Gasteiger partial charge in [-0.1, -0.05) is 12.1 Å². The van der Waals surface area contributed by atoms with Gasteiger partial charge in [0.1, 0.15) is 28.0 Å². The molecule has 0 saturated carbocycles. The number of carbonyl (C=O) groups excluding carboxylic acids is 3. The van der Waals surface area contributed by atoms with Gasteiger partial charge in [0.15, 0.2) is 5.76 Å². The first-order valence-corrected chi connectivity index (χ1v) is 11.2. The van der Waals surface area contributed by atoms with E-state index in [4.69, 9.17) is 18.6 Å². The quantitative estimate of drug-likeness (QED) is 0.431. The van der Waals surface area contributed by atoms with Crippen LogP contribution >= 0.6 is 11.3 Å². The average molecular weight is 472 g/mol. The van der Waals surface area contributed by atoms with Crippen LogP contribution in [-0.4, -0.2) is 31.1 Å². The molecule has 0 bridgehead atoms. The van der Waals surface area contributed by atoms with E-state index >= 15 is 0 Å². The van der Waals surface area contributed by atoms with Crippen molar-refractivity contribution in [3.63, 3.8) is 0 Å². The molecule has 1 amide bonds. The Kier molecular flexibility index (Phi) is 7.89. The van der Waals surface area contributed by atoms with Crippen molar-refractivity contribution in [2.45, 2.75) is 34.3 Å². The zero-order valence-corrected chi connectivity index (χ0v) is 19.7. The maximum absolute atomic E-state index is 12.8. The Hall–Kier alpha value is -3.59. The van der Waals surface area contributed by atoms with Gasteiger partial charge in [-0.2, -0.15) is 0 Å². The van der Waals surface area contributed by atoms with Gasteiger partial charge in [-0.15, -0.1) is 11.3 Å². The maximum atomic E-state index is 12.8. The average Bonchev–Trinajstić information content (AvgIpc) is 3.37. The lowest BCUT2D eigenvalue weighted by Crippen LogP contribution is -2.14. The highest BCUT2D eigenvalue weighted by molar-refractivity contribution is 7.18. The summed E-state index contributed by atoms with van der Waals surface area (Å²) in [4.78, 5) is 37.8. The van der Waals surface area contributed by atoms with Crippen LogP contribution in [0.4, 0.5) is 5.00 Å². The molecule has 2 heterocycles. The van der Waals surface area contributed by atoms with Crippen molar-refractivity contribution < 1.29 is 33.0 Å². The summed E-state index contributed by atoms with van der Waals surface area (Å²) >= 11 is 0.953. The summed E-state index contributed by atoms with van der Waals surface area (Å²) in [6.45, 7) is 7.42. The van der Waals surface area contributed by atoms with Crippen LogP contribution in [0.5, 0.6) is 5.75 Å². The van der Waals surface area contributed by atoms with Crippen LogP contribution in [0, 0.1) is 13.8 Å². The fourth-order valence-corrected chi connectivity index (χ4v) is 4.13. The van der Waals surface area contributed by atoms with Crippen LogP contribution in [0.25, 0.3) is 0 Å². The van der Waals surface area contributed by atoms with Crippen LogP contribution in [0.15, 0.2) is 40.8 Å². The Labute approximate surface area is 195 Å². The third-order valence-electron chi connectivity index (χ3n) is 4.57. The minimum Gasteiger partial charge on any atom is -0.486 e. The molecule has 0 unspecified atom stereocenters. The van der Waals surface area contributed by atoms with E-state index in [1.807, 2.05) is 31.2 Å². The number of rotatable bonds is 9. The van der Waals surface area contributed by atoms with E-state index in [1.54, 1.807) is 26.8 Å². The van der Waals surface area contributed by atoms with Gasteiger partial charge in [0.25, 0.3) is 5.91 Å². The number of benzene rings is 1. The molecule has 3 rings (SSSR count). The van der Waals surface area contributed by atoms with E-state index < -0.39 is 17.8 Å². The summed E-state index contributed by atoms with van der Waals surface area (Å²) in [6, 6.07) is 10.7. The van der Waals surface area contributed by atoms with Crippen molar-refractivity contribution in [1.29, 1.82) is 0 Å². The SMILES string of the molecule is CCOC(=O)c1sc(NC(=O)c2ccc(COc3cccc(C)c3)o2)c(C(=O)OCC)c1C. The van der Waals surface area contributed by atoms with Gasteiger partial charge in [0, 0.05) is 0 Å². The predicted octanol–water partition coefficient (Wildman–Crippen LogP) is 5.14. The Bertz CT molecular complexity index is 1160. The lowest BCUT2D eigenvalue weighted by molar-refractivity contribution is 0.0527. The normalized spacial score (nSPS) is 10.5. The van der Waals surface area contributed by atoms with Gasteiger partial charge >= 0.3 is 11.9 Å². The molecule has 33 heavy (non-hydrogen) atoms. The van der Waals surface area contributed by atoms with Crippen LogP contribution in [-0.2, 0) is 16.1 Å². The molecule has 8 nitrogen and oxygen atoms in total. The Morgan fingerprint density at radius 2 is 1.73 bits per heavy atom. The molecule has 1 aromatic carbocycles. The van der Waals surface area contributed by atoms with E-state index in [1.165, 1.54) is 6.07 Å². The van der Waals surface area contributed by atoms with Gasteiger partial charge in [-0.25, -0.2) is 9.59 Å². The van der Waals surface area contributed by atoms with Gasteiger partial charge < -0.3 is 23.9 Å². The third-order valence-corrected chi connectivity index (χ3v) is 5.76. The highest BCUT2D eigenvalue weighted by Gasteiger charge is 2.28. The predicted molar refractivity (Wildman–Crippen MR) is 123 cm³/mol. The van der Waals surface area contributed by atoms with E-state index in [9.17, 15) is 14.4 Å². The fourth-order valence-electron chi connectivity index (χ4n) is 3.04. The number of furan rings is 1. The minimum absolute atomic E-state index is 0.0383. The fraction of sp³-hybridized carbons (Fsp3) is 0.292. The molecule has 0 radical (unpaired) electrons. The van der Waals surface area contributed by atoms with Crippen molar-refractivity contribution in [3.05, 3.63) is 69.5 Å². The minimum atomic E-state index is -0.635. The molecule has 0 atom stereocenters. The Morgan fingerprint density at radius 1 is 1.00 bits per heavy atom. The molecule has 1 N–H and O–H groups in total. The number of carbonyl (C=O) groups is 3.